The Hall–Kier alpha value is -5.02. The number of ether oxygens (including phenoxy) is 1. The normalized spacial score (nSPS) is 14.1. The molecule has 0 aliphatic carbocycles. The third-order valence-electron chi connectivity index (χ3n) is 11.1. The van der Waals surface area contributed by atoms with Crippen LogP contribution in [-0.2, 0) is 49.5 Å². The third kappa shape index (κ3) is 22.8. The molecule has 1 rings (SSSR count). The number of nitrogens with one attached hydrogen (secondary N) is 4. The molecule has 0 heterocycles. The maximum atomic E-state index is 14.1. The summed E-state index contributed by atoms with van der Waals surface area (Å²) < 4.78 is 5.44. The molecule has 6 atom stereocenters. The molecule has 0 fully saturated rings. The second kappa shape index (κ2) is 30.9. The van der Waals surface area contributed by atoms with Crippen molar-refractivity contribution < 1.29 is 53.3 Å². The number of carboxylic acids is 2. The zero-order valence-corrected chi connectivity index (χ0v) is 39.0. The van der Waals surface area contributed by atoms with E-state index in [1.165, 1.54) is 44.1 Å². The van der Waals surface area contributed by atoms with Gasteiger partial charge in [0.05, 0.1) is 19.4 Å². The summed E-state index contributed by atoms with van der Waals surface area (Å²) in [4.78, 5) is 107. The van der Waals surface area contributed by atoms with Gasteiger partial charge in [-0.05, 0) is 42.6 Å². The van der Waals surface area contributed by atoms with Gasteiger partial charge in [-0.2, -0.15) is 0 Å². The minimum Gasteiger partial charge on any atom is -0.481 e. The van der Waals surface area contributed by atoms with E-state index in [9.17, 15) is 48.6 Å². The highest BCUT2D eigenvalue weighted by atomic mass is 16.5. The zero-order valence-electron chi connectivity index (χ0n) is 39.0. The first-order valence-corrected chi connectivity index (χ1v) is 22.9. The molecule has 63 heavy (non-hydrogen) atoms. The number of aryl methyl sites for hydroxylation is 1. The molecule has 16 nitrogen and oxygen atoms in total. The van der Waals surface area contributed by atoms with E-state index >= 15 is 0 Å². The Kier molecular flexibility index (Phi) is 27.5. The number of hydrogen-bond acceptors (Lipinski definition) is 9. The lowest BCUT2D eigenvalue weighted by Crippen LogP contribution is -2.61. The molecule has 0 saturated carbocycles. The monoisotopic (exact) mass is 888 g/mol. The first-order chi connectivity index (χ1) is 29.8. The average Bonchev–Trinajstić information content (AvgIpc) is 3.22. The van der Waals surface area contributed by atoms with Gasteiger partial charge in [-0.25, -0.2) is 4.79 Å². The fourth-order valence-electron chi connectivity index (χ4n) is 7.19. The largest absolute Gasteiger partial charge is 0.481 e. The summed E-state index contributed by atoms with van der Waals surface area (Å²) >= 11 is 0. The van der Waals surface area contributed by atoms with Gasteiger partial charge in [0.1, 0.15) is 30.2 Å². The van der Waals surface area contributed by atoms with Crippen molar-refractivity contribution in [2.45, 2.75) is 181 Å². The first kappa shape index (κ1) is 56.0. The molecule has 16 heteroatoms. The Morgan fingerprint density at radius 3 is 1.68 bits per heavy atom. The van der Waals surface area contributed by atoms with Gasteiger partial charge in [0.25, 0.3) is 0 Å². The average molecular weight is 888 g/mol. The van der Waals surface area contributed by atoms with E-state index in [4.69, 9.17) is 4.74 Å². The highest BCUT2D eigenvalue weighted by molar-refractivity contribution is 5.98. The Labute approximate surface area is 374 Å². The van der Waals surface area contributed by atoms with E-state index < -0.39 is 90.5 Å². The summed E-state index contributed by atoms with van der Waals surface area (Å²) in [6.07, 6.45) is 10.1. The summed E-state index contributed by atoms with van der Waals surface area (Å²) in [7, 11) is 1.53. The standard InChI is InChI=1S/C47H77N5O11/c1-9-11-12-13-14-15-16-17-18-22-27-63-40(56)30-36(44(58)48-35(29-39(54)55)43(57)50-37(47(61)62)28-31(3)4)49-45(59)41(33(7)10-2)51-46(60)42(32(5)6)52(8)38(53)26-25-34-23-20-19-21-24-34/h19-21,23-24,31-33,35-37,41-42H,9-18,22,25-30H2,1-8H3,(H,48,58)(H,49,59)(H,50,57)(H,51,60)(H,54,55)(H,61,62)/t33-,35-,36-,37-,41-,42-/m0/s1. The van der Waals surface area contributed by atoms with Crippen LogP contribution in [0, 0.1) is 17.8 Å². The van der Waals surface area contributed by atoms with Crippen LogP contribution in [0.4, 0.5) is 0 Å². The molecule has 0 unspecified atom stereocenters. The summed E-state index contributed by atoms with van der Waals surface area (Å²) in [6.45, 7) is 12.8. The van der Waals surface area contributed by atoms with Crippen molar-refractivity contribution in [3.63, 3.8) is 0 Å². The molecule has 1 aromatic carbocycles. The number of aliphatic carboxylic acids is 2. The van der Waals surface area contributed by atoms with Crippen molar-refractivity contribution in [1.82, 2.24) is 26.2 Å². The van der Waals surface area contributed by atoms with Crippen LogP contribution in [0.5, 0.6) is 0 Å². The highest BCUT2D eigenvalue weighted by Crippen LogP contribution is 2.17. The Bertz CT molecular complexity index is 1590. The lowest BCUT2D eigenvalue weighted by Gasteiger charge is -2.33. The van der Waals surface area contributed by atoms with Gasteiger partial charge in [0.15, 0.2) is 0 Å². The second-order valence-corrected chi connectivity index (χ2v) is 17.4. The van der Waals surface area contributed by atoms with E-state index in [0.717, 1.165) is 31.2 Å². The van der Waals surface area contributed by atoms with Gasteiger partial charge >= 0.3 is 17.9 Å². The maximum Gasteiger partial charge on any atom is 0.326 e. The number of hydrogen-bond donors (Lipinski definition) is 6. The number of esters is 1. The van der Waals surface area contributed by atoms with Crippen molar-refractivity contribution >= 4 is 47.4 Å². The fourth-order valence-corrected chi connectivity index (χ4v) is 7.19. The van der Waals surface area contributed by atoms with E-state index in [0.29, 0.717) is 19.3 Å². The predicted molar refractivity (Wildman–Crippen MR) is 240 cm³/mol. The van der Waals surface area contributed by atoms with Gasteiger partial charge < -0.3 is 41.1 Å². The van der Waals surface area contributed by atoms with Crippen molar-refractivity contribution in [3.05, 3.63) is 35.9 Å². The molecule has 0 aliphatic heterocycles. The molecule has 6 N–H and O–H groups in total. The van der Waals surface area contributed by atoms with Gasteiger partial charge in [0, 0.05) is 13.5 Å². The number of carbonyl (C=O) groups is 8. The van der Waals surface area contributed by atoms with E-state index in [-0.39, 0.29) is 37.2 Å². The quantitative estimate of drug-likeness (QED) is 0.0378. The predicted octanol–water partition coefficient (Wildman–Crippen LogP) is 5.55. The van der Waals surface area contributed by atoms with Crippen LogP contribution in [0.3, 0.4) is 0 Å². The second-order valence-electron chi connectivity index (χ2n) is 17.4. The number of carbonyl (C=O) groups excluding carboxylic acids is 6. The van der Waals surface area contributed by atoms with Crippen molar-refractivity contribution in [2.75, 3.05) is 13.7 Å². The summed E-state index contributed by atoms with van der Waals surface area (Å²) in [6, 6.07) is 2.38. The number of carboxylic acid groups (broad SMARTS) is 2. The molecule has 0 aliphatic rings. The number of benzene rings is 1. The molecule has 0 saturated heterocycles. The van der Waals surface area contributed by atoms with Crippen molar-refractivity contribution in [2.24, 2.45) is 17.8 Å². The topological polar surface area (TPSA) is 238 Å². The molecule has 0 radical (unpaired) electrons. The van der Waals surface area contributed by atoms with E-state index in [2.05, 4.69) is 28.2 Å². The van der Waals surface area contributed by atoms with Crippen molar-refractivity contribution in [3.8, 4) is 0 Å². The molecular formula is C47H77N5O11. The molecular weight excluding hydrogens is 811 g/mol. The molecule has 1 aromatic rings. The van der Waals surface area contributed by atoms with Crippen LogP contribution in [0.15, 0.2) is 30.3 Å². The SMILES string of the molecule is CCCCCCCCCCCCOC(=O)C[C@H](NC(=O)[C@@H](NC(=O)[C@H](C(C)C)N(C)C(=O)CCc1ccccc1)[C@@H](C)CC)C(=O)N[C@@H](CC(=O)O)C(=O)N[C@@H](CC(C)C)C(=O)O. The van der Waals surface area contributed by atoms with Crippen molar-refractivity contribution in [1.29, 1.82) is 0 Å². The minimum absolute atomic E-state index is 0.0242. The zero-order chi connectivity index (χ0) is 47.5. The van der Waals surface area contributed by atoms with Gasteiger partial charge in [-0.3, -0.25) is 33.6 Å². The van der Waals surface area contributed by atoms with Crippen LogP contribution in [0.1, 0.15) is 150 Å². The Morgan fingerprint density at radius 1 is 0.651 bits per heavy atom. The molecule has 356 valence electrons. The summed E-state index contributed by atoms with van der Waals surface area (Å²) in [5, 5.41) is 29.2. The molecule has 5 amide bonds. The number of likely N-dealkylation sites (N-methyl/N-ethyl adjacent to an activating group) is 1. The smallest absolute Gasteiger partial charge is 0.326 e. The number of amides is 5. The maximum absolute atomic E-state index is 14.1. The van der Waals surface area contributed by atoms with E-state index in [1.54, 1.807) is 41.5 Å². The number of rotatable bonds is 33. The summed E-state index contributed by atoms with van der Waals surface area (Å²) in [5.41, 5.74) is 0.963. The third-order valence-corrected chi connectivity index (χ3v) is 11.1. The lowest BCUT2D eigenvalue weighted by atomic mass is 9.95. The van der Waals surface area contributed by atoms with Crippen LogP contribution in [0.2, 0.25) is 0 Å². The highest BCUT2D eigenvalue weighted by Gasteiger charge is 2.37. The van der Waals surface area contributed by atoms with Crippen LogP contribution >= 0.6 is 0 Å². The number of nitrogens with zero attached hydrogens (tertiary/aromatic N) is 1. The van der Waals surface area contributed by atoms with Gasteiger partial charge in [-0.1, -0.05) is 143 Å². The minimum atomic E-state index is -1.78. The summed E-state index contributed by atoms with van der Waals surface area (Å²) in [5.74, 6) is -8.61. The first-order valence-electron chi connectivity index (χ1n) is 22.9. The molecule has 0 spiro atoms. The van der Waals surface area contributed by atoms with Crippen LogP contribution in [-0.4, -0.2) is 106 Å². The Balaban J connectivity index is 3.29. The van der Waals surface area contributed by atoms with Gasteiger partial charge in [-0.15, -0.1) is 0 Å². The van der Waals surface area contributed by atoms with Crippen LogP contribution < -0.4 is 21.3 Å². The number of unbranched alkanes of at least 4 members (excludes halogenated alkanes) is 9. The van der Waals surface area contributed by atoms with Crippen LogP contribution in [0.25, 0.3) is 0 Å². The molecule has 0 aromatic heterocycles. The van der Waals surface area contributed by atoms with Gasteiger partial charge in [0.2, 0.25) is 29.5 Å². The Morgan fingerprint density at radius 2 is 1.17 bits per heavy atom. The van der Waals surface area contributed by atoms with E-state index in [1.807, 2.05) is 30.3 Å². The molecule has 0 bridgehead atoms. The fraction of sp³-hybridized carbons (Fsp3) is 0.702. The lowest BCUT2D eigenvalue weighted by molar-refractivity contribution is -0.148.